The number of likely N-dealkylation sites (tertiary alicyclic amines) is 1. The fraction of sp³-hybridized carbons (Fsp3) is 0.955. The summed E-state index contributed by atoms with van der Waals surface area (Å²) in [6.07, 6.45) is 4.80. The maximum atomic E-state index is 13.0. The molecular weight excluding hydrogens is 418 g/mol. The first kappa shape index (κ1) is 22.1. The van der Waals surface area contributed by atoms with Crippen LogP contribution in [0.1, 0.15) is 39.0 Å². The Morgan fingerprint density at radius 1 is 1.10 bits per heavy atom. The van der Waals surface area contributed by atoms with E-state index < -0.39 is 15.1 Å². The summed E-state index contributed by atoms with van der Waals surface area (Å²) in [5, 5.41) is 13.1. The minimum atomic E-state index is -3.33. The second kappa shape index (κ2) is 7.65. The smallest absolute Gasteiger partial charge is 0.218 e. The van der Waals surface area contributed by atoms with E-state index in [1.807, 2.05) is 0 Å². The highest BCUT2D eigenvalue weighted by molar-refractivity contribution is 7.91. The van der Waals surface area contributed by atoms with Gasteiger partial charge in [0.25, 0.3) is 0 Å². The Balaban J connectivity index is 1.64. The number of sulfone groups is 1. The zero-order chi connectivity index (χ0) is 22.2. The summed E-state index contributed by atoms with van der Waals surface area (Å²) in [6, 6.07) is 0.615. The molecule has 0 spiro atoms. The Kier molecular flexibility index (Phi) is 5.45. The van der Waals surface area contributed by atoms with Crippen LogP contribution in [0.3, 0.4) is 0 Å². The molecule has 8 nitrogen and oxygen atoms in total. The summed E-state index contributed by atoms with van der Waals surface area (Å²) in [6.45, 7) is 2.45. The van der Waals surface area contributed by atoms with Crippen LogP contribution in [0.5, 0.6) is 0 Å². The van der Waals surface area contributed by atoms with Gasteiger partial charge in [-0.25, -0.2) is 8.42 Å². The van der Waals surface area contributed by atoms with Gasteiger partial charge in [-0.2, -0.15) is 0 Å². The Morgan fingerprint density at radius 3 is 2.48 bits per heavy atom. The molecule has 5 fully saturated rings. The first-order valence-corrected chi connectivity index (χ1v) is 13.7. The SMILES string of the molecule is COC1C2C3C(C[C@@H](NC(C)=O)N4C5CCC(O)CC5C(CCN2C)C34)C1S(C)(=O)=O. The van der Waals surface area contributed by atoms with Gasteiger partial charge in [0.1, 0.15) is 0 Å². The van der Waals surface area contributed by atoms with Gasteiger partial charge in [0.15, 0.2) is 9.84 Å². The maximum Gasteiger partial charge on any atom is 0.218 e. The lowest BCUT2D eigenvalue weighted by Gasteiger charge is -2.50. The lowest BCUT2D eigenvalue weighted by atomic mass is 9.71. The van der Waals surface area contributed by atoms with Crippen molar-refractivity contribution < 1.29 is 23.1 Å². The van der Waals surface area contributed by atoms with Crippen molar-refractivity contribution >= 4 is 15.7 Å². The van der Waals surface area contributed by atoms with Crippen molar-refractivity contribution in [2.24, 2.45) is 23.7 Å². The van der Waals surface area contributed by atoms with E-state index in [9.17, 15) is 18.3 Å². The summed E-state index contributed by atoms with van der Waals surface area (Å²) in [5.41, 5.74) is 0. The maximum absolute atomic E-state index is 13.0. The van der Waals surface area contributed by atoms with Gasteiger partial charge < -0.3 is 20.1 Å². The molecule has 9 heteroatoms. The number of likely N-dealkylation sites (N-methyl/N-ethyl adjacent to an activating group) is 1. The first-order valence-electron chi connectivity index (χ1n) is 11.8. The zero-order valence-electron chi connectivity index (χ0n) is 19.0. The molecule has 0 aromatic carbocycles. The molecule has 0 aromatic heterocycles. The lowest BCUT2D eigenvalue weighted by molar-refractivity contribution is -0.123. The van der Waals surface area contributed by atoms with E-state index in [1.165, 1.54) is 6.26 Å². The van der Waals surface area contributed by atoms with Crippen LogP contribution in [-0.2, 0) is 19.4 Å². The molecule has 0 radical (unpaired) electrons. The van der Waals surface area contributed by atoms with Crippen LogP contribution in [-0.4, -0.2) is 97.9 Å². The van der Waals surface area contributed by atoms with Gasteiger partial charge in [0.2, 0.25) is 5.91 Å². The van der Waals surface area contributed by atoms with Crippen molar-refractivity contribution in [2.75, 3.05) is 27.0 Å². The molecule has 0 aromatic rings. The molecule has 3 aliphatic heterocycles. The first-order chi connectivity index (χ1) is 14.6. The van der Waals surface area contributed by atoms with Crippen molar-refractivity contribution in [1.29, 1.82) is 0 Å². The van der Waals surface area contributed by atoms with Gasteiger partial charge in [-0.15, -0.1) is 0 Å². The fourth-order valence-corrected chi connectivity index (χ4v) is 10.2. The van der Waals surface area contributed by atoms with Crippen molar-refractivity contribution in [3.63, 3.8) is 0 Å². The Morgan fingerprint density at radius 2 is 1.84 bits per heavy atom. The molecule has 10 unspecified atom stereocenters. The number of hydrogen-bond donors (Lipinski definition) is 2. The Bertz CT molecular complexity index is 837. The minimum Gasteiger partial charge on any atom is -0.393 e. The third kappa shape index (κ3) is 3.29. The molecule has 11 atom stereocenters. The second-order valence-corrected chi connectivity index (χ2v) is 13.0. The van der Waals surface area contributed by atoms with Gasteiger partial charge in [0, 0.05) is 38.4 Å². The molecule has 176 valence electrons. The van der Waals surface area contributed by atoms with Gasteiger partial charge in [-0.3, -0.25) is 9.69 Å². The number of hydrogen-bond acceptors (Lipinski definition) is 7. The number of methoxy groups -OCH3 is 1. The van der Waals surface area contributed by atoms with Gasteiger partial charge in [-0.1, -0.05) is 0 Å². The van der Waals surface area contributed by atoms with Crippen LogP contribution < -0.4 is 5.32 Å². The van der Waals surface area contributed by atoms with E-state index in [0.29, 0.717) is 24.3 Å². The van der Waals surface area contributed by atoms with E-state index >= 15 is 0 Å². The van der Waals surface area contributed by atoms with Crippen LogP contribution in [0.15, 0.2) is 0 Å². The highest BCUT2D eigenvalue weighted by Crippen LogP contribution is 2.59. The molecule has 1 amide bonds. The summed E-state index contributed by atoms with van der Waals surface area (Å²) in [7, 11) is 0.419. The average Bonchev–Trinajstić information content (AvgIpc) is 3.12. The Hall–Kier alpha value is -0.740. The molecule has 2 aliphatic carbocycles. The number of carbonyl (C=O) groups is 1. The van der Waals surface area contributed by atoms with Crippen LogP contribution in [0.2, 0.25) is 0 Å². The standard InChI is InChI=1S/C22H37N3O5S/c1-11(26)23-17-10-15-18-19-13(14-9-12(27)5-6-16(14)25(17)19)7-8-24(2)20(18)21(30-3)22(15)31(4,28)29/h12-22,27H,5-10H2,1-4H3,(H,23,26)/t12?,13?,14?,15?,16?,17-,18?,19?,20?,21?,22?/m0/s1. The summed E-state index contributed by atoms with van der Waals surface area (Å²) in [5.74, 6) is 0.881. The number of amides is 1. The number of nitrogens with one attached hydrogen (secondary N) is 1. The van der Waals surface area contributed by atoms with Gasteiger partial charge >= 0.3 is 0 Å². The van der Waals surface area contributed by atoms with Crippen molar-refractivity contribution in [3.8, 4) is 0 Å². The summed E-state index contributed by atoms with van der Waals surface area (Å²) >= 11 is 0. The number of aliphatic hydroxyl groups is 1. The monoisotopic (exact) mass is 455 g/mol. The topological polar surface area (TPSA) is 99.2 Å². The normalized spacial score (nSPS) is 49.9. The van der Waals surface area contributed by atoms with Gasteiger partial charge in [0.05, 0.1) is 23.6 Å². The summed E-state index contributed by atoms with van der Waals surface area (Å²) in [4.78, 5) is 17.0. The highest BCUT2D eigenvalue weighted by Gasteiger charge is 2.68. The number of aliphatic hydroxyl groups excluding tert-OH is 1. The van der Waals surface area contributed by atoms with Crippen LogP contribution in [0.4, 0.5) is 0 Å². The predicted octanol–water partition coefficient (Wildman–Crippen LogP) is 0.0606. The molecule has 2 N–H and O–H groups in total. The van der Waals surface area contributed by atoms with Crippen LogP contribution in [0.25, 0.3) is 0 Å². The molecule has 31 heavy (non-hydrogen) atoms. The van der Waals surface area contributed by atoms with Crippen molar-refractivity contribution in [1.82, 2.24) is 15.1 Å². The molecule has 5 rings (SSSR count). The van der Waals surface area contributed by atoms with E-state index in [2.05, 4.69) is 22.2 Å². The number of piperidine rings is 1. The van der Waals surface area contributed by atoms with Gasteiger partial charge in [-0.05, 0) is 69.4 Å². The number of nitrogens with zero attached hydrogens (tertiary/aromatic N) is 2. The second-order valence-electron chi connectivity index (χ2n) is 10.7. The largest absolute Gasteiger partial charge is 0.393 e. The Labute approximate surface area is 185 Å². The zero-order valence-corrected chi connectivity index (χ0v) is 19.8. The molecule has 3 heterocycles. The van der Waals surface area contributed by atoms with Crippen molar-refractivity contribution in [3.05, 3.63) is 0 Å². The van der Waals surface area contributed by atoms with Crippen molar-refractivity contribution in [2.45, 2.75) is 80.8 Å². The highest BCUT2D eigenvalue weighted by atomic mass is 32.2. The van der Waals surface area contributed by atoms with E-state index in [1.54, 1.807) is 14.0 Å². The van der Waals surface area contributed by atoms with E-state index in [0.717, 1.165) is 32.2 Å². The molecule has 0 bridgehead atoms. The fourth-order valence-electron chi connectivity index (χ4n) is 8.50. The molecule has 2 saturated carbocycles. The van der Waals surface area contributed by atoms with E-state index in [-0.39, 0.29) is 48.2 Å². The number of ether oxygens (including phenoxy) is 1. The lowest BCUT2D eigenvalue weighted by Crippen LogP contribution is -2.62. The van der Waals surface area contributed by atoms with Crippen LogP contribution >= 0.6 is 0 Å². The third-order valence-corrected chi connectivity index (χ3v) is 10.8. The molecule has 3 saturated heterocycles. The molecule has 5 aliphatic rings. The van der Waals surface area contributed by atoms with E-state index in [4.69, 9.17) is 4.74 Å². The predicted molar refractivity (Wildman–Crippen MR) is 116 cm³/mol. The molecular formula is C22H37N3O5S. The summed E-state index contributed by atoms with van der Waals surface area (Å²) < 4.78 is 31.9. The minimum absolute atomic E-state index is 0.0452. The van der Waals surface area contributed by atoms with Crippen LogP contribution in [0, 0.1) is 23.7 Å². The number of fused-ring (bicyclic) bond motifs is 3. The average molecular weight is 456 g/mol. The number of rotatable bonds is 3. The number of carbonyl (C=O) groups excluding carboxylic acids is 1. The quantitative estimate of drug-likeness (QED) is 0.621. The third-order valence-electron chi connectivity index (χ3n) is 9.23.